The molecule has 2 amide bonds. The smallest absolute Gasteiger partial charge is 0.407 e. The van der Waals surface area contributed by atoms with Crippen molar-refractivity contribution in [2.45, 2.75) is 128 Å². The first-order chi connectivity index (χ1) is 46.8. The van der Waals surface area contributed by atoms with Crippen molar-refractivity contribution in [2.75, 3.05) is 84.2 Å². The number of unbranched alkanes of at least 4 members (excludes halogenated alkanes) is 2. The molecule has 20 heteroatoms. The summed E-state index contributed by atoms with van der Waals surface area (Å²) in [4.78, 5) is 51.9. The van der Waals surface area contributed by atoms with Crippen LogP contribution in [0.1, 0.15) is 107 Å². The van der Waals surface area contributed by atoms with Crippen molar-refractivity contribution in [1.82, 2.24) is 19.6 Å². The fourth-order valence-electron chi connectivity index (χ4n) is 14.2. The van der Waals surface area contributed by atoms with Crippen LogP contribution in [0.25, 0.3) is 32.7 Å². The molecule has 0 radical (unpaired) electrons. The zero-order chi connectivity index (χ0) is 70.1. The molecule has 7 aromatic carbocycles. The summed E-state index contributed by atoms with van der Waals surface area (Å²) < 4.78 is 83.5. The number of carbonyl (C=O) groups is 3. The average molecular weight is 1370 g/mol. The van der Waals surface area contributed by atoms with Crippen molar-refractivity contribution in [2.24, 2.45) is 0 Å². The number of amides is 2. The summed E-state index contributed by atoms with van der Waals surface area (Å²) in [5.74, 6) is 0.356. The number of methoxy groups -OCH3 is 1. The Hall–Kier alpha value is -8.34. The van der Waals surface area contributed by atoms with E-state index in [0.717, 1.165) is 80.2 Å². The Kier molecular flexibility index (Phi) is 23.1. The number of Topliss-reactive ketones (excluding diaryl/α,β-unsaturated/α-hetero) is 1. The van der Waals surface area contributed by atoms with Gasteiger partial charge in [0, 0.05) is 93.2 Å². The van der Waals surface area contributed by atoms with Gasteiger partial charge in [-0.1, -0.05) is 115 Å². The van der Waals surface area contributed by atoms with Crippen molar-refractivity contribution in [3.05, 3.63) is 197 Å². The number of benzene rings is 7. The van der Waals surface area contributed by atoms with Crippen LogP contribution in [0.2, 0.25) is 0 Å². The van der Waals surface area contributed by atoms with Crippen LogP contribution in [0.5, 0.6) is 5.75 Å². The van der Waals surface area contributed by atoms with Gasteiger partial charge < -0.3 is 29.3 Å². The summed E-state index contributed by atoms with van der Waals surface area (Å²) in [5.41, 5.74) is 11.7. The number of anilines is 1. The Morgan fingerprint density at radius 2 is 1.39 bits per heavy atom. The third-order valence-corrected chi connectivity index (χ3v) is 21.8. The van der Waals surface area contributed by atoms with E-state index < -0.39 is 43.5 Å². The molecule has 3 aliphatic heterocycles. The fourth-order valence-corrected chi connectivity index (χ4v) is 16.2. The van der Waals surface area contributed by atoms with E-state index in [2.05, 4.69) is 129 Å². The third-order valence-electron chi connectivity index (χ3n) is 19.2. The van der Waals surface area contributed by atoms with Gasteiger partial charge >= 0.3 is 6.09 Å². The number of hydroxylamine groups is 1. The van der Waals surface area contributed by atoms with Gasteiger partial charge in [0.2, 0.25) is 11.6 Å². The zero-order valence-electron chi connectivity index (χ0n) is 58.1. The van der Waals surface area contributed by atoms with E-state index in [1.807, 2.05) is 72.5 Å². The highest BCUT2D eigenvalue weighted by molar-refractivity contribution is 7.89. The minimum Gasteiger partial charge on any atom is -0.497 e. The number of likely N-dealkylation sites (N-methyl/N-ethyl adjacent to an activating group) is 1. The largest absolute Gasteiger partial charge is 0.497 e. The van der Waals surface area contributed by atoms with Crippen molar-refractivity contribution < 1.29 is 59.4 Å². The van der Waals surface area contributed by atoms with E-state index in [9.17, 15) is 35.8 Å². The van der Waals surface area contributed by atoms with Crippen LogP contribution in [0.4, 0.5) is 16.2 Å². The molecule has 1 saturated heterocycles. The molecule has 518 valence electrons. The molecule has 1 fully saturated rings. The van der Waals surface area contributed by atoms with Gasteiger partial charge in [-0.3, -0.25) is 23.9 Å². The topological polar surface area (TPSA) is 205 Å². The highest BCUT2D eigenvalue weighted by Gasteiger charge is 2.46. The molecule has 0 unspecified atom stereocenters. The second kappa shape index (κ2) is 31.2. The summed E-state index contributed by atoms with van der Waals surface area (Å²) in [6.45, 7) is 23.4. The van der Waals surface area contributed by atoms with Gasteiger partial charge in [-0.05, 0) is 177 Å². The molecule has 0 aliphatic carbocycles. The number of sulfonamides is 1. The van der Waals surface area contributed by atoms with Gasteiger partial charge in [-0.2, -0.15) is 13.0 Å². The lowest BCUT2D eigenvalue weighted by Gasteiger charge is -2.34. The predicted octanol–water partition coefficient (Wildman–Crippen LogP) is 13.6. The van der Waals surface area contributed by atoms with Gasteiger partial charge in [-0.15, -0.1) is 0 Å². The quantitative estimate of drug-likeness (QED) is 0.0147. The molecule has 10 rings (SSSR count). The van der Waals surface area contributed by atoms with E-state index in [1.54, 1.807) is 25.3 Å². The number of nitrogens with zero attached hydrogens (tertiary/aromatic N) is 5. The van der Waals surface area contributed by atoms with E-state index in [0.29, 0.717) is 58.0 Å². The molecule has 18 nitrogen and oxygen atoms in total. The molecule has 98 heavy (non-hydrogen) atoms. The molecular weight excluding hydrogens is 1280 g/mol. The molecule has 0 aromatic heterocycles. The number of allylic oxidation sites excluding steroid dienone is 6. The van der Waals surface area contributed by atoms with E-state index in [4.69, 9.17) is 19.0 Å². The Balaban J connectivity index is 0.721. The zero-order valence-corrected chi connectivity index (χ0v) is 59.7. The predicted molar refractivity (Wildman–Crippen MR) is 387 cm³/mol. The molecule has 0 spiro atoms. The van der Waals surface area contributed by atoms with Crippen molar-refractivity contribution in [3.8, 4) is 16.9 Å². The number of ketones is 1. The summed E-state index contributed by atoms with van der Waals surface area (Å²) >= 11 is 0. The molecule has 0 saturated carbocycles. The minimum absolute atomic E-state index is 0.0296. The Morgan fingerprint density at radius 3 is 2.06 bits per heavy atom. The Bertz CT molecular complexity index is 4440. The Labute approximate surface area is 578 Å². The number of rotatable bonds is 29. The lowest BCUT2D eigenvalue weighted by molar-refractivity contribution is -0.438. The Morgan fingerprint density at radius 1 is 0.714 bits per heavy atom. The second-order valence-corrected chi connectivity index (χ2v) is 29.8. The number of fused-ring (bicyclic) bond motifs is 6. The normalized spacial score (nSPS) is 16.3. The van der Waals surface area contributed by atoms with Gasteiger partial charge in [0.25, 0.3) is 20.1 Å². The standard InChI is InChI=1S/C78H92N6O12S2/c1-11-82-69-36-34-65-56(4)51-63(98(90,91)92)52-67(65)75(69)77(6,7)71(82)23-17-13-18-24-72-78(8,9)74-66-50-54(2)49-55(3)64(66)35-37-70(74)83(72)40-20-14-19-25-73(86)81-43-41-80(42-44-81)45-46-94-47-48-96-84(68(57(5)85)38-39-79-76(87)95-53-58-21-15-12-16-22-58)97(88,89)62-32-28-60(29-33-62)59-26-30-61(93-10)31-27-59/h12-13,15-18,21-24,26-37,49-52,68H,11,14,19-20,25,38-48,53H2,1-10H3,(H-,79,87,90,91,92)/p+1/t68-/m1/s1. The number of hydrogen-bond acceptors (Lipinski definition) is 13. The first kappa shape index (κ1) is 72.4. The number of aryl methyl sites for hydroxylation is 3. The number of piperazine rings is 1. The average Bonchev–Trinajstić information content (AvgIpc) is 1.56. The van der Waals surface area contributed by atoms with Crippen molar-refractivity contribution >= 4 is 76.6 Å². The molecule has 0 bridgehead atoms. The monoisotopic (exact) mass is 1370 g/mol. The van der Waals surface area contributed by atoms with Crippen LogP contribution >= 0.6 is 0 Å². The highest BCUT2D eigenvalue weighted by Crippen LogP contribution is 2.52. The minimum atomic E-state index is -4.43. The fraction of sp³-hybridized carbons (Fsp3) is 0.385. The number of ether oxygens (including phenoxy) is 3. The van der Waals surface area contributed by atoms with Gasteiger partial charge in [-0.25, -0.2) is 13.2 Å². The lowest BCUT2D eigenvalue weighted by Crippen LogP contribution is -2.49. The molecule has 3 aliphatic rings. The van der Waals surface area contributed by atoms with Gasteiger partial charge in [0.1, 0.15) is 24.9 Å². The van der Waals surface area contributed by atoms with Crippen LogP contribution in [-0.4, -0.2) is 149 Å². The van der Waals surface area contributed by atoms with Crippen LogP contribution in [-0.2, 0) is 61.5 Å². The maximum atomic E-state index is 14.4. The number of alkyl carbamates (subject to hydrolysis) is 1. The maximum Gasteiger partial charge on any atom is 0.407 e. The van der Waals surface area contributed by atoms with Gasteiger partial charge in [0.05, 0.1) is 42.1 Å². The molecular formula is C78H93N6O12S2+. The van der Waals surface area contributed by atoms with Crippen LogP contribution in [0.15, 0.2) is 173 Å². The van der Waals surface area contributed by atoms with E-state index in [-0.39, 0.29) is 53.9 Å². The second-order valence-electron chi connectivity index (χ2n) is 26.6. The molecule has 1 atom stereocenters. The van der Waals surface area contributed by atoms with Crippen molar-refractivity contribution in [1.29, 1.82) is 0 Å². The lowest BCUT2D eigenvalue weighted by atomic mass is 9.78. The SMILES string of the molecule is CCN1C(=CC=CC=CC2=[N+](CCCCCC(=O)N3CCN(CCOCCON([C@H](CCNC(=O)OCc4ccccc4)C(C)=O)S(=O)(=O)c4ccc(-c5ccc(OC)cc5)cc4)CC3)c3ccc4c(C)cc(C)cc4c3C2(C)C)C(C)(C)c2c1ccc1c(C)cc(S(=O)(=O)O)cc21. The van der Waals surface area contributed by atoms with Crippen LogP contribution < -0.4 is 15.0 Å². The first-order valence-corrected chi connectivity index (χ1v) is 36.7. The van der Waals surface area contributed by atoms with Crippen LogP contribution in [0.3, 0.4) is 0 Å². The van der Waals surface area contributed by atoms with Crippen molar-refractivity contribution in [3.63, 3.8) is 0 Å². The van der Waals surface area contributed by atoms with Crippen LogP contribution in [0, 0.1) is 20.8 Å². The van der Waals surface area contributed by atoms with E-state index in [1.165, 1.54) is 64.0 Å². The maximum absolute atomic E-state index is 14.4. The number of carbonyl (C=O) groups excluding carboxylic acids is 3. The molecule has 7 aromatic rings. The summed E-state index contributed by atoms with van der Waals surface area (Å²) in [5, 5.41) is 6.91. The molecule has 3 heterocycles. The molecule has 2 N–H and O–H groups in total. The number of hydrogen-bond donors (Lipinski definition) is 2. The summed E-state index contributed by atoms with van der Waals surface area (Å²) in [6.07, 6.45) is 12.9. The highest BCUT2D eigenvalue weighted by atomic mass is 32.2. The summed E-state index contributed by atoms with van der Waals surface area (Å²) in [7, 11) is -7.26. The third kappa shape index (κ3) is 16.2. The van der Waals surface area contributed by atoms with E-state index >= 15 is 0 Å². The first-order valence-electron chi connectivity index (χ1n) is 33.9. The van der Waals surface area contributed by atoms with Gasteiger partial charge in [0.15, 0.2) is 11.5 Å². The number of nitrogens with one attached hydrogen (secondary N) is 1. The summed E-state index contributed by atoms with van der Waals surface area (Å²) in [6, 6.07) is 38.0.